The third-order valence-electron chi connectivity index (χ3n) is 5.99. The van der Waals surface area contributed by atoms with E-state index in [0.717, 1.165) is 36.6 Å². The van der Waals surface area contributed by atoms with Crippen LogP contribution < -0.4 is 9.47 Å². The van der Waals surface area contributed by atoms with Gasteiger partial charge in [0.1, 0.15) is 13.2 Å². The van der Waals surface area contributed by atoms with E-state index in [0.29, 0.717) is 30.0 Å². The Labute approximate surface area is 188 Å². The molecule has 0 spiro atoms. The molecule has 3 aromatic rings. The molecule has 0 amide bonds. The second-order valence-electron chi connectivity index (χ2n) is 8.31. The molecule has 0 unspecified atom stereocenters. The highest BCUT2D eigenvalue weighted by Gasteiger charge is 2.27. The van der Waals surface area contributed by atoms with Gasteiger partial charge in [0.25, 0.3) is 0 Å². The van der Waals surface area contributed by atoms with Crippen molar-refractivity contribution in [2.75, 3.05) is 26.0 Å². The average molecular weight is 451 g/mol. The van der Waals surface area contributed by atoms with Gasteiger partial charge in [-0.15, -0.1) is 0 Å². The summed E-state index contributed by atoms with van der Waals surface area (Å²) in [5.41, 5.74) is 3.41. The molecule has 1 fully saturated rings. The summed E-state index contributed by atoms with van der Waals surface area (Å²) in [6.07, 6.45) is 6.64. The predicted octanol–water partition coefficient (Wildman–Crippen LogP) is 4.29. The molecule has 166 valence electrons. The summed E-state index contributed by atoms with van der Waals surface area (Å²) in [5.74, 6) is 2.25. The largest absolute Gasteiger partial charge is 0.486 e. The van der Waals surface area contributed by atoms with Gasteiger partial charge >= 0.3 is 0 Å². The fraction of sp³-hybridized carbons (Fsp3) is 0.333. The highest BCUT2D eigenvalue weighted by Crippen LogP contribution is 2.38. The number of hydrogen-bond acceptors (Lipinski definition) is 7. The van der Waals surface area contributed by atoms with Crippen molar-refractivity contribution in [3.05, 3.63) is 66.0 Å². The lowest BCUT2D eigenvalue weighted by molar-refractivity contribution is 0.170. The summed E-state index contributed by atoms with van der Waals surface area (Å²) in [6.45, 7) is 3.14. The Morgan fingerprint density at radius 3 is 2.50 bits per heavy atom. The quantitative estimate of drug-likeness (QED) is 0.624. The number of fused-ring (bicyclic) bond motifs is 1. The van der Waals surface area contributed by atoms with Gasteiger partial charge in [-0.25, -0.2) is 19.0 Å². The normalized spacial score (nSPS) is 20.1. The molecule has 2 aromatic carbocycles. The second-order valence-corrected chi connectivity index (χ2v) is 10.5. The van der Waals surface area contributed by atoms with Crippen LogP contribution in [0.1, 0.15) is 30.0 Å². The third-order valence-corrected chi connectivity index (χ3v) is 7.10. The lowest BCUT2D eigenvalue weighted by Crippen LogP contribution is -2.23. The Hall–Kier alpha value is -2.97. The first-order valence-corrected chi connectivity index (χ1v) is 12.7. The number of nitrogens with one attached hydrogen (secondary N) is 1. The minimum atomic E-state index is -2.80. The fourth-order valence-electron chi connectivity index (χ4n) is 4.32. The summed E-state index contributed by atoms with van der Waals surface area (Å²) in [7, 11) is -2.80. The van der Waals surface area contributed by atoms with Gasteiger partial charge in [0.05, 0.1) is 14.6 Å². The smallest absolute Gasteiger partial charge is 0.161 e. The Bertz CT molecular complexity index is 1210. The van der Waals surface area contributed by atoms with E-state index in [1.807, 2.05) is 18.2 Å². The molecule has 2 atom stereocenters. The highest BCUT2D eigenvalue weighted by atomic mass is 32.2. The topological polar surface area (TPSA) is 88.4 Å². The fourth-order valence-corrected chi connectivity index (χ4v) is 4.83. The molecule has 0 saturated carbocycles. The molecule has 0 aliphatic carbocycles. The van der Waals surface area contributed by atoms with Crippen LogP contribution in [-0.2, 0) is 16.3 Å². The van der Waals surface area contributed by atoms with Gasteiger partial charge in [0, 0.05) is 36.8 Å². The maximum absolute atomic E-state index is 11.8. The molecule has 2 aliphatic heterocycles. The van der Waals surface area contributed by atoms with Gasteiger partial charge in [-0.05, 0) is 42.6 Å². The minimum Gasteiger partial charge on any atom is -0.486 e. The first kappa shape index (κ1) is 20.9. The SMILES string of the molecule is C[S@](=N)(=O)c1cnc(-c2ccc(CN3CCC[C@H]3c3ccc4c(c3)OCCO4)cc2)nc1. The summed E-state index contributed by atoms with van der Waals surface area (Å²) >= 11 is 0. The third kappa shape index (κ3) is 4.33. The van der Waals surface area contributed by atoms with E-state index in [4.69, 9.17) is 14.3 Å². The van der Waals surface area contributed by atoms with Crippen molar-refractivity contribution in [1.29, 1.82) is 4.78 Å². The van der Waals surface area contributed by atoms with Crippen molar-refractivity contribution in [1.82, 2.24) is 14.9 Å². The molecule has 8 heteroatoms. The van der Waals surface area contributed by atoms with E-state index < -0.39 is 9.73 Å². The van der Waals surface area contributed by atoms with Crippen molar-refractivity contribution in [3.63, 3.8) is 0 Å². The van der Waals surface area contributed by atoms with Gasteiger partial charge in [0.2, 0.25) is 0 Å². The number of benzene rings is 2. The molecule has 2 aliphatic rings. The number of nitrogens with zero attached hydrogens (tertiary/aromatic N) is 3. The highest BCUT2D eigenvalue weighted by molar-refractivity contribution is 7.91. The number of likely N-dealkylation sites (tertiary alicyclic amines) is 1. The molecular weight excluding hydrogens is 424 g/mol. The van der Waals surface area contributed by atoms with E-state index in [9.17, 15) is 4.21 Å². The lowest BCUT2D eigenvalue weighted by Gasteiger charge is -2.26. The summed E-state index contributed by atoms with van der Waals surface area (Å²) in [4.78, 5) is 11.4. The van der Waals surface area contributed by atoms with Crippen LogP contribution >= 0.6 is 0 Å². The van der Waals surface area contributed by atoms with E-state index in [1.54, 1.807) is 0 Å². The second kappa shape index (κ2) is 8.52. The molecule has 32 heavy (non-hydrogen) atoms. The molecule has 1 saturated heterocycles. The van der Waals surface area contributed by atoms with Crippen LogP contribution in [0.4, 0.5) is 0 Å². The zero-order valence-electron chi connectivity index (χ0n) is 18.0. The molecule has 3 heterocycles. The number of rotatable bonds is 5. The van der Waals surface area contributed by atoms with Crippen molar-refractivity contribution >= 4 is 9.73 Å². The van der Waals surface area contributed by atoms with Crippen LogP contribution in [-0.4, -0.2) is 45.1 Å². The zero-order valence-corrected chi connectivity index (χ0v) is 18.8. The first-order chi connectivity index (χ1) is 15.5. The Balaban J connectivity index is 1.30. The molecule has 5 rings (SSSR count). The van der Waals surface area contributed by atoms with Crippen LogP contribution in [0.15, 0.2) is 59.8 Å². The van der Waals surface area contributed by atoms with Gasteiger partial charge < -0.3 is 9.47 Å². The van der Waals surface area contributed by atoms with E-state index >= 15 is 0 Å². The number of ether oxygens (including phenoxy) is 2. The van der Waals surface area contributed by atoms with E-state index in [-0.39, 0.29) is 0 Å². The monoisotopic (exact) mass is 450 g/mol. The van der Waals surface area contributed by atoms with E-state index in [2.05, 4.69) is 39.1 Å². The van der Waals surface area contributed by atoms with Crippen molar-refractivity contribution < 1.29 is 13.7 Å². The molecule has 1 N–H and O–H groups in total. The Kier molecular flexibility index (Phi) is 5.57. The van der Waals surface area contributed by atoms with E-state index in [1.165, 1.54) is 36.2 Å². The van der Waals surface area contributed by atoms with Crippen molar-refractivity contribution in [3.8, 4) is 22.9 Å². The maximum Gasteiger partial charge on any atom is 0.161 e. The van der Waals surface area contributed by atoms with Crippen LogP contribution in [0.25, 0.3) is 11.4 Å². The average Bonchev–Trinajstić information content (AvgIpc) is 3.27. The molecular formula is C24H26N4O3S. The molecule has 0 bridgehead atoms. The molecule has 7 nitrogen and oxygen atoms in total. The first-order valence-electron chi connectivity index (χ1n) is 10.8. The van der Waals surface area contributed by atoms with Crippen molar-refractivity contribution in [2.24, 2.45) is 0 Å². The summed E-state index contributed by atoms with van der Waals surface area (Å²) in [6, 6.07) is 14.9. The maximum atomic E-state index is 11.8. The van der Waals surface area contributed by atoms with Gasteiger partial charge in [-0.1, -0.05) is 30.3 Å². The summed E-state index contributed by atoms with van der Waals surface area (Å²) in [5, 5.41) is 0. The van der Waals surface area contributed by atoms with Gasteiger partial charge in [-0.3, -0.25) is 4.90 Å². The minimum absolute atomic E-state index is 0.345. The number of aromatic nitrogens is 2. The standard InChI is InChI=1S/C24H26N4O3S/c1-32(25,29)20-14-26-24(27-15-20)18-6-4-17(5-7-18)16-28-10-2-3-21(28)19-8-9-22-23(13-19)31-12-11-30-22/h4-9,13-15,21,25H,2-3,10-12,16H2,1H3/t21-,32-/m0/s1. The Morgan fingerprint density at radius 2 is 1.78 bits per heavy atom. The van der Waals surface area contributed by atoms with Gasteiger partial charge in [0.15, 0.2) is 17.3 Å². The molecule has 1 aromatic heterocycles. The van der Waals surface area contributed by atoms with Crippen LogP contribution in [0.3, 0.4) is 0 Å². The zero-order chi connectivity index (χ0) is 22.1. The lowest BCUT2D eigenvalue weighted by atomic mass is 10.0. The van der Waals surface area contributed by atoms with Crippen LogP contribution in [0, 0.1) is 4.78 Å². The summed E-state index contributed by atoms with van der Waals surface area (Å²) < 4.78 is 30.9. The van der Waals surface area contributed by atoms with Crippen LogP contribution in [0.2, 0.25) is 0 Å². The Morgan fingerprint density at radius 1 is 1.06 bits per heavy atom. The molecule has 0 radical (unpaired) electrons. The van der Waals surface area contributed by atoms with Crippen LogP contribution in [0.5, 0.6) is 11.5 Å². The number of hydrogen-bond donors (Lipinski definition) is 1. The van der Waals surface area contributed by atoms with Crippen molar-refractivity contribution in [2.45, 2.75) is 30.3 Å². The predicted molar refractivity (Wildman–Crippen MR) is 122 cm³/mol. The van der Waals surface area contributed by atoms with Gasteiger partial charge in [-0.2, -0.15) is 0 Å².